The predicted octanol–water partition coefficient (Wildman–Crippen LogP) is 2.47. The largest absolute Gasteiger partial charge is 0.481 e. The Hall–Kier alpha value is -1.84. The first-order valence-corrected chi connectivity index (χ1v) is 6.78. The molecular weight excluding hydrogens is 242 g/mol. The third kappa shape index (κ3) is 1.91. The van der Waals surface area contributed by atoms with Crippen LogP contribution in [-0.4, -0.2) is 17.0 Å². The zero-order valence-corrected chi connectivity index (χ0v) is 10.7. The standard InChI is InChI=1S/C15H17NO3/c17-13-6-4-10-3-5-11(9-12(10)16-13)15(14(18)19)7-1-2-8-15/h3,5,9H,1-2,4,6-8H2,(H,16,17)(H,18,19). The van der Waals surface area contributed by atoms with Gasteiger partial charge < -0.3 is 10.4 Å². The SMILES string of the molecule is O=C1CCc2ccc(C3(C(=O)O)CCCC3)cc2N1. The van der Waals surface area contributed by atoms with Crippen LogP contribution in [0.15, 0.2) is 18.2 Å². The zero-order chi connectivity index (χ0) is 13.5. The monoisotopic (exact) mass is 259 g/mol. The van der Waals surface area contributed by atoms with Crippen molar-refractivity contribution in [3.05, 3.63) is 29.3 Å². The van der Waals surface area contributed by atoms with Crippen molar-refractivity contribution in [3.8, 4) is 0 Å². The molecule has 19 heavy (non-hydrogen) atoms. The van der Waals surface area contributed by atoms with Gasteiger partial charge in [-0.15, -0.1) is 0 Å². The maximum atomic E-state index is 11.7. The quantitative estimate of drug-likeness (QED) is 0.857. The summed E-state index contributed by atoms with van der Waals surface area (Å²) in [4.78, 5) is 23.1. The van der Waals surface area contributed by atoms with E-state index in [9.17, 15) is 14.7 Å². The minimum atomic E-state index is -0.753. The number of amides is 1. The summed E-state index contributed by atoms with van der Waals surface area (Å²) in [6.45, 7) is 0. The van der Waals surface area contributed by atoms with E-state index in [-0.39, 0.29) is 5.91 Å². The van der Waals surface area contributed by atoms with Crippen molar-refractivity contribution in [3.63, 3.8) is 0 Å². The highest BCUT2D eigenvalue weighted by atomic mass is 16.4. The van der Waals surface area contributed by atoms with Gasteiger partial charge >= 0.3 is 5.97 Å². The van der Waals surface area contributed by atoms with Crippen molar-refractivity contribution in [1.82, 2.24) is 0 Å². The van der Waals surface area contributed by atoms with Crippen LogP contribution in [0.5, 0.6) is 0 Å². The molecule has 2 aliphatic rings. The lowest BCUT2D eigenvalue weighted by Gasteiger charge is -2.26. The van der Waals surface area contributed by atoms with E-state index >= 15 is 0 Å². The van der Waals surface area contributed by atoms with Crippen LogP contribution in [0.4, 0.5) is 5.69 Å². The molecule has 1 fully saturated rings. The van der Waals surface area contributed by atoms with E-state index in [1.54, 1.807) is 0 Å². The molecule has 4 heteroatoms. The molecule has 4 nitrogen and oxygen atoms in total. The molecular formula is C15H17NO3. The summed E-state index contributed by atoms with van der Waals surface area (Å²) in [5, 5.41) is 12.4. The van der Waals surface area contributed by atoms with Gasteiger partial charge in [0.25, 0.3) is 0 Å². The van der Waals surface area contributed by atoms with Gasteiger partial charge in [0.15, 0.2) is 0 Å². The molecule has 0 spiro atoms. The number of benzene rings is 1. The number of aliphatic carboxylic acids is 1. The first kappa shape index (κ1) is 12.2. The lowest BCUT2D eigenvalue weighted by atomic mass is 9.78. The second-order valence-corrected chi connectivity index (χ2v) is 5.51. The van der Waals surface area contributed by atoms with Crippen LogP contribution in [-0.2, 0) is 21.4 Å². The second-order valence-electron chi connectivity index (χ2n) is 5.51. The van der Waals surface area contributed by atoms with Gasteiger partial charge in [0.2, 0.25) is 5.91 Å². The lowest BCUT2D eigenvalue weighted by molar-refractivity contribution is -0.143. The van der Waals surface area contributed by atoms with Crippen molar-refractivity contribution < 1.29 is 14.7 Å². The van der Waals surface area contributed by atoms with Crippen LogP contribution in [0.2, 0.25) is 0 Å². The summed E-state index contributed by atoms with van der Waals surface area (Å²) in [5.74, 6) is -0.729. The Kier molecular flexibility index (Phi) is 2.81. The van der Waals surface area contributed by atoms with Gasteiger partial charge in [0.1, 0.15) is 0 Å². The third-order valence-corrected chi connectivity index (χ3v) is 4.42. The van der Waals surface area contributed by atoms with Crippen molar-refractivity contribution in [2.45, 2.75) is 43.9 Å². The fraction of sp³-hybridized carbons (Fsp3) is 0.467. The Labute approximate surface area is 111 Å². The topological polar surface area (TPSA) is 66.4 Å². The van der Waals surface area contributed by atoms with Crippen molar-refractivity contribution in [1.29, 1.82) is 0 Å². The Balaban J connectivity index is 2.03. The first-order valence-electron chi connectivity index (χ1n) is 6.78. The number of carbonyl (C=O) groups excluding carboxylic acids is 1. The van der Waals surface area contributed by atoms with E-state index in [2.05, 4.69) is 5.32 Å². The van der Waals surface area contributed by atoms with E-state index in [0.717, 1.165) is 36.1 Å². The van der Waals surface area contributed by atoms with Crippen LogP contribution in [0.3, 0.4) is 0 Å². The molecule has 1 amide bonds. The predicted molar refractivity (Wildman–Crippen MR) is 71.2 cm³/mol. The number of nitrogens with one attached hydrogen (secondary N) is 1. The highest BCUT2D eigenvalue weighted by Crippen LogP contribution is 2.42. The summed E-state index contributed by atoms with van der Waals surface area (Å²) in [6.07, 6.45) is 4.54. The van der Waals surface area contributed by atoms with Crippen LogP contribution in [0.25, 0.3) is 0 Å². The summed E-state index contributed by atoms with van der Waals surface area (Å²) in [5.41, 5.74) is 1.97. The fourth-order valence-corrected chi connectivity index (χ4v) is 3.27. The van der Waals surface area contributed by atoms with Crippen LogP contribution in [0, 0.1) is 0 Å². The molecule has 0 unspecified atom stereocenters. The number of aryl methyl sites for hydroxylation is 1. The molecule has 3 rings (SSSR count). The number of hydrogen-bond acceptors (Lipinski definition) is 2. The number of hydrogen-bond donors (Lipinski definition) is 2. The number of rotatable bonds is 2. The van der Waals surface area contributed by atoms with Gasteiger partial charge in [0, 0.05) is 12.1 Å². The van der Waals surface area contributed by atoms with E-state index in [4.69, 9.17) is 0 Å². The Morgan fingerprint density at radius 2 is 1.95 bits per heavy atom. The minimum absolute atomic E-state index is 0.0143. The normalized spacial score (nSPS) is 20.7. The molecule has 1 aliphatic heterocycles. The van der Waals surface area contributed by atoms with Gasteiger partial charge in [-0.3, -0.25) is 9.59 Å². The van der Waals surface area contributed by atoms with Gasteiger partial charge in [-0.1, -0.05) is 25.0 Å². The van der Waals surface area contributed by atoms with E-state index in [1.807, 2.05) is 18.2 Å². The number of carboxylic acids is 1. The minimum Gasteiger partial charge on any atom is -0.481 e. The van der Waals surface area contributed by atoms with E-state index in [1.165, 1.54) is 0 Å². The Bertz CT molecular complexity index is 544. The molecule has 1 saturated carbocycles. The molecule has 1 aromatic carbocycles. The molecule has 2 N–H and O–H groups in total. The molecule has 0 saturated heterocycles. The molecule has 0 aromatic heterocycles. The average molecular weight is 259 g/mol. The number of anilines is 1. The Morgan fingerprint density at radius 1 is 1.21 bits per heavy atom. The van der Waals surface area contributed by atoms with E-state index < -0.39 is 11.4 Å². The third-order valence-electron chi connectivity index (χ3n) is 4.42. The fourth-order valence-electron chi connectivity index (χ4n) is 3.27. The van der Waals surface area contributed by atoms with Crippen molar-refractivity contribution >= 4 is 17.6 Å². The highest BCUT2D eigenvalue weighted by molar-refractivity contribution is 5.94. The van der Waals surface area contributed by atoms with Gasteiger partial charge in [-0.25, -0.2) is 0 Å². The summed E-state index contributed by atoms with van der Waals surface area (Å²) >= 11 is 0. The molecule has 0 atom stereocenters. The van der Waals surface area contributed by atoms with Crippen molar-refractivity contribution in [2.24, 2.45) is 0 Å². The number of fused-ring (bicyclic) bond motifs is 1. The molecule has 0 radical (unpaired) electrons. The molecule has 1 heterocycles. The van der Waals surface area contributed by atoms with Crippen LogP contribution in [0.1, 0.15) is 43.2 Å². The molecule has 1 aromatic rings. The van der Waals surface area contributed by atoms with Crippen LogP contribution >= 0.6 is 0 Å². The van der Waals surface area contributed by atoms with E-state index in [0.29, 0.717) is 19.3 Å². The zero-order valence-electron chi connectivity index (χ0n) is 10.7. The van der Waals surface area contributed by atoms with Crippen molar-refractivity contribution in [2.75, 3.05) is 5.32 Å². The van der Waals surface area contributed by atoms with Crippen LogP contribution < -0.4 is 5.32 Å². The Morgan fingerprint density at radius 3 is 2.63 bits per heavy atom. The molecule has 100 valence electrons. The highest BCUT2D eigenvalue weighted by Gasteiger charge is 2.43. The number of carbonyl (C=O) groups is 2. The lowest BCUT2D eigenvalue weighted by Crippen LogP contribution is -2.33. The average Bonchev–Trinajstić information content (AvgIpc) is 2.88. The molecule has 0 bridgehead atoms. The second kappa shape index (κ2) is 4.37. The van der Waals surface area contributed by atoms with Gasteiger partial charge in [0.05, 0.1) is 5.41 Å². The summed E-state index contributed by atoms with van der Waals surface area (Å²) in [6, 6.07) is 5.76. The summed E-state index contributed by atoms with van der Waals surface area (Å²) in [7, 11) is 0. The molecule has 1 aliphatic carbocycles. The summed E-state index contributed by atoms with van der Waals surface area (Å²) < 4.78 is 0. The maximum absolute atomic E-state index is 11.7. The number of carboxylic acid groups (broad SMARTS) is 1. The first-order chi connectivity index (χ1) is 9.12. The van der Waals surface area contributed by atoms with Gasteiger partial charge in [-0.2, -0.15) is 0 Å². The maximum Gasteiger partial charge on any atom is 0.314 e. The smallest absolute Gasteiger partial charge is 0.314 e. The van der Waals surface area contributed by atoms with Gasteiger partial charge in [-0.05, 0) is 36.5 Å².